The summed E-state index contributed by atoms with van der Waals surface area (Å²) in [5, 5.41) is 3.82. The van der Waals surface area contributed by atoms with Crippen molar-refractivity contribution < 1.29 is 9.59 Å². The second kappa shape index (κ2) is 7.72. The molecule has 0 spiro atoms. The highest BCUT2D eigenvalue weighted by molar-refractivity contribution is 5.89. The van der Waals surface area contributed by atoms with E-state index in [2.05, 4.69) is 10.3 Å². The molecule has 122 valence electrons. The molecular weight excluding hydrogens is 290 g/mol. The Morgan fingerprint density at radius 2 is 1.96 bits per heavy atom. The third-order valence-corrected chi connectivity index (χ3v) is 3.58. The smallest absolute Gasteiger partial charge is 0.239 e. The average molecular weight is 313 g/mol. The first kappa shape index (κ1) is 16.9. The van der Waals surface area contributed by atoms with E-state index in [-0.39, 0.29) is 30.8 Å². The van der Waals surface area contributed by atoms with Gasteiger partial charge in [-0.3, -0.25) is 14.6 Å². The van der Waals surface area contributed by atoms with Gasteiger partial charge in [0.2, 0.25) is 11.8 Å². The number of benzene rings is 1. The minimum atomic E-state index is -0.133. The van der Waals surface area contributed by atoms with Crippen LogP contribution < -0.4 is 5.32 Å². The van der Waals surface area contributed by atoms with Crippen molar-refractivity contribution in [3.8, 4) is 0 Å². The van der Waals surface area contributed by atoms with Crippen molar-refractivity contribution in [1.29, 1.82) is 0 Å². The van der Waals surface area contributed by atoms with Crippen molar-refractivity contribution in [1.82, 2.24) is 15.2 Å². The van der Waals surface area contributed by atoms with Crippen molar-refractivity contribution in [3.05, 3.63) is 42.1 Å². The lowest BCUT2D eigenvalue weighted by Gasteiger charge is -2.21. The Morgan fingerprint density at radius 1 is 1.22 bits per heavy atom. The Balaban J connectivity index is 2.11. The second-order valence-electron chi connectivity index (χ2n) is 5.80. The van der Waals surface area contributed by atoms with Crippen LogP contribution in [0.2, 0.25) is 0 Å². The van der Waals surface area contributed by atoms with Crippen LogP contribution in [0.15, 0.2) is 36.5 Å². The number of carbonyl (C=O) groups is 2. The molecule has 2 amide bonds. The standard InChI is InChI=1S/C18H23N3O2/c1-4-21(12-16(22)20-13(2)3)17(23)11-15-8-5-7-14-9-6-10-19-18(14)15/h5-10,13H,4,11-12H2,1-3H3,(H,20,22). The van der Waals surface area contributed by atoms with Crippen LogP contribution in [-0.4, -0.2) is 40.8 Å². The molecule has 0 fully saturated rings. The molecule has 0 atom stereocenters. The summed E-state index contributed by atoms with van der Waals surface area (Å²) in [6.45, 7) is 6.27. The van der Waals surface area contributed by atoms with Gasteiger partial charge in [-0.25, -0.2) is 0 Å². The second-order valence-corrected chi connectivity index (χ2v) is 5.80. The largest absolute Gasteiger partial charge is 0.352 e. The van der Waals surface area contributed by atoms with Crippen molar-refractivity contribution in [2.45, 2.75) is 33.2 Å². The summed E-state index contributed by atoms with van der Waals surface area (Å²) in [4.78, 5) is 30.3. The molecule has 5 nitrogen and oxygen atoms in total. The van der Waals surface area contributed by atoms with Crippen molar-refractivity contribution in [2.24, 2.45) is 0 Å². The fourth-order valence-electron chi connectivity index (χ4n) is 2.50. The summed E-state index contributed by atoms with van der Waals surface area (Å²) in [6, 6.07) is 9.73. The number of carbonyl (C=O) groups excluding carboxylic acids is 2. The molecule has 23 heavy (non-hydrogen) atoms. The molecule has 0 aliphatic heterocycles. The van der Waals surface area contributed by atoms with E-state index >= 15 is 0 Å². The summed E-state index contributed by atoms with van der Waals surface area (Å²) >= 11 is 0. The van der Waals surface area contributed by atoms with Crippen LogP contribution in [0.3, 0.4) is 0 Å². The lowest BCUT2D eigenvalue weighted by atomic mass is 10.1. The molecule has 0 saturated carbocycles. The molecule has 2 aromatic rings. The maximum absolute atomic E-state index is 12.5. The minimum Gasteiger partial charge on any atom is -0.352 e. The molecular formula is C18H23N3O2. The Kier molecular flexibility index (Phi) is 5.68. The first-order chi connectivity index (χ1) is 11.0. The zero-order valence-electron chi connectivity index (χ0n) is 13.9. The number of pyridine rings is 1. The van der Waals surface area contributed by atoms with Gasteiger partial charge in [0.1, 0.15) is 0 Å². The lowest BCUT2D eigenvalue weighted by molar-refractivity contribution is -0.135. The molecule has 5 heteroatoms. The van der Waals surface area contributed by atoms with E-state index in [1.807, 2.05) is 51.1 Å². The topological polar surface area (TPSA) is 62.3 Å². The molecule has 0 aliphatic rings. The molecule has 1 aromatic carbocycles. The SMILES string of the molecule is CCN(CC(=O)NC(C)C)C(=O)Cc1cccc2cccnc12. The van der Waals surface area contributed by atoms with Gasteiger partial charge in [0.05, 0.1) is 18.5 Å². The van der Waals surface area contributed by atoms with E-state index in [1.165, 1.54) is 0 Å². The number of rotatable bonds is 6. The van der Waals surface area contributed by atoms with Crippen LogP contribution in [-0.2, 0) is 16.0 Å². The quantitative estimate of drug-likeness (QED) is 0.889. The number of hydrogen-bond donors (Lipinski definition) is 1. The van der Waals surface area contributed by atoms with Crippen molar-refractivity contribution >= 4 is 22.7 Å². The normalized spacial score (nSPS) is 10.8. The third-order valence-electron chi connectivity index (χ3n) is 3.58. The molecule has 1 aromatic heterocycles. The molecule has 0 aliphatic carbocycles. The Morgan fingerprint density at radius 3 is 2.65 bits per heavy atom. The number of nitrogens with zero attached hydrogens (tertiary/aromatic N) is 2. The summed E-state index contributed by atoms with van der Waals surface area (Å²) < 4.78 is 0. The van der Waals surface area contributed by atoms with Gasteiger partial charge in [-0.2, -0.15) is 0 Å². The average Bonchev–Trinajstić information content (AvgIpc) is 2.52. The zero-order valence-corrected chi connectivity index (χ0v) is 13.9. The van der Waals surface area contributed by atoms with Crippen LogP contribution in [0, 0.1) is 0 Å². The van der Waals surface area contributed by atoms with Gasteiger partial charge in [-0.15, -0.1) is 0 Å². The summed E-state index contributed by atoms with van der Waals surface area (Å²) in [7, 11) is 0. The maximum Gasteiger partial charge on any atom is 0.239 e. The number of amides is 2. The van der Waals surface area contributed by atoms with Gasteiger partial charge in [0, 0.05) is 24.2 Å². The third kappa shape index (κ3) is 4.52. The van der Waals surface area contributed by atoms with Gasteiger partial charge in [-0.1, -0.05) is 24.3 Å². The van der Waals surface area contributed by atoms with Gasteiger partial charge in [-0.05, 0) is 32.4 Å². The van der Waals surface area contributed by atoms with Gasteiger partial charge < -0.3 is 10.2 Å². The summed E-state index contributed by atoms with van der Waals surface area (Å²) in [5.41, 5.74) is 1.72. The van der Waals surface area contributed by atoms with E-state index in [0.29, 0.717) is 6.54 Å². The predicted molar refractivity (Wildman–Crippen MR) is 91.0 cm³/mol. The van der Waals surface area contributed by atoms with E-state index in [0.717, 1.165) is 16.5 Å². The fraction of sp³-hybridized carbons (Fsp3) is 0.389. The Bertz CT molecular complexity index is 692. The number of likely N-dealkylation sites (N-methyl/N-ethyl adjacent to an activating group) is 1. The molecule has 1 N–H and O–H groups in total. The van der Waals surface area contributed by atoms with Crippen LogP contribution in [0.5, 0.6) is 0 Å². The van der Waals surface area contributed by atoms with E-state index in [9.17, 15) is 9.59 Å². The number of aromatic nitrogens is 1. The lowest BCUT2D eigenvalue weighted by Crippen LogP contribution is -2.43. The van der Waals surface area contributed by atoms with Crippen LogP contribution in [0.4, 0.5) is 0 Å². The monoisotopic (exact) mass is 313 g/mol. The molecule has 2 rings (SSSR count). The minimum absolute atomic E-state index is 0.0652. The highest BCUT2D eigenvalue weighted by atomic mass is 16.2. The zero-order chi connectivity index (χ0) is 16.8. The Labute approximate surface area is 136 Å². The fourth-order valence-corrected chi connectivity index (χ4v) is 2.50. The molecule has 0 bridgehead atoms. The first-order valence-electron chi connectivity index (χ1n) is 7.91. The van der Waals surface area contributed by atoms with Crippen LogP contribution in [0.25, 0.3) is 10.9 Å². The first-order valence-corrected chi connectivity index (χ1v) is 7.91. The van der Waals surface area contributed by atoms with Gasteiger partial charge in [0.15, 0.2) is 0 Å². The van der Waals surface area contributed by atoms with Crippen molar-refractivity contribution in [3.63, 3.8) is 0 Å². The van der Waals surface area contributed by atoms with E-state index < -0.39 is 0 Å². The van der Waals surface area contributed by atoms with Gasteiger partial charge >= 0.3 is 0 Å². The highest BCUT2D eigenvalue weighted by Gasteiger charge is 2.17. The highest BCUT2D eigenvalue weighted by Crippen LogP contribution is 2.17. The predicted octanol–water partition coefficient (Wildman–Crippen LogP) is 2.15. The summed E-state index contributed by atoms with van der Waals surface area (Å²) in [5.74, 6) is -0.198. The van der Waals surface area contributed by atoms with Crippen LogP contribution >= 0.6 is 0 Å². The molecule has 0 unspecified atom stereocenters. The van der Waals surface area contributed by atoms with Gasteiger partial charge in [0.25, 0.3) is 0 Å². The number of para-hydroxylation sites is 1. The number of nitrogens with one attached hydrogen (secondary N) is 1. The Hall–Kier alpha value is -2.43. The molecule has 1 heterocycles. The van der Waals surface area contributed by atoms with E-state index in [4.69, 9.17) is 0 Å². The van der Waals surface area contributed by atoms with E-state index in [1.54, 1.807) is 11.1 Å². The molecule has 0 saturated heterocycles. The van der Waals surface area contributed by atoms with Crippen molar-refractivity contribution in [2.75, 3.05) is 13.1 Å². The number of fused-ring (bicyclic) bond motifs is 1. The van der Waals surface area contributed by atoms with Crippen LogP contribution in [0.1, 0.15) is 26.3 Å². The molecule has 0 radical (unpaired) electrons. The number of hydrogen-bond acceptors (Lipinski definition) is 3. The summed E-state index contributed by atoms with van der Waals surface area (Å²) in [6.07, 6.45) is 1.97. The maximum atomic E-state index is 12.5.